The first-order valence-electron chi connectivity index (χ1n) is 9.71. The number of benzene rings is 2. The lowest BCUT2D eigenvalue weighted by Crippen LogP contribution is -2.36. The van der Waals surface area contributed by atoms with Crippen LogP contribution in [0.1, 0.15) is 28.8 Å². The maximum absolute atomic E-state index is 13.9. The number of rotatable bonds is 6. The van der Waals surface area contributed by atoms with E-state index < -0.39 is 24.1 Å². The molecule has 31 heavy (non-hydrogen) atoms. The number of aromatic nitrogens is 1. The lowest BCUT2D eigenvalue weighted by molar-refractivity contribution is 0.0139. The fraction of sp³-hybridized carbons (Fsp3) is 0.217. The molecule has 0 spiro atoms. The van der Waals surface area contributed by atoms with Crippen molar-refractivity contribution in [2.75, 3.05) is 13.2 Å². The van der Waals surface area contributed by atoms with Crippen molar-refractivity contribution in [3.8, 4) is 11.1 Å². The number of halogens is 2. The smallest absolute Gasteiger partial charge is 0.407 e. The van der Waals surface area contributed by atoms with Gasteiger partial charge in [-0.3, -0.25) is 4.98 Å². The van der Waals surface area contributed by atoms with Gasteiger partial charge in [-0.2, -0.15) is 0 Å². The third kappa shape index (κ3) is 4.39. The minimum Gasteiger partial charge on any atom is -0.449 e. The first-order valence-corrected chi connectivity index (χ1v) is 10.1. The van der Waals surface area contributed by atoms with E-state index in [1.54, 1.807) is 0 Å². The number of hydrogen-bond acceptors (Lipinski definition) is 5. The molecule has 1 heterocycles. The summed E-state index contributed by atoms with van der Waals surface area (Å²) in [6, 6.07) is 16.9. The van der Waals surface area contributed by atoms with Gasteiger partial charge in [-0.1, -0.05) is 60.1 Å². The zero-order valence-electron chi connectivity index (χ0n) is 16.3. The predicted octanol–water partition coefficient (Wildman–Crippen LogP) is 3.81. The molecule has 0 saturated heterocycles. The molecule has 3 N–H and O–H groups in total. The highest BCUT2D eigenvalue weighted by molar-refractivity contribution is 6.30. The Labute approximate surface area is 183 Å². The van der Waals surface area contributed by atoms with Crippen LogP contribution in [0.5, 0.6) is 0 Å². The van der Waals surface area contributed by atoms with Gasteiger partial charge >= 0.3 is 6.09 Å². The van der Waals surface area contributed by atoms with Gasteiger partial charge in [0.2, 0.25) is 0 Å². The van der Waals surface area contributed by atoms with E-state index in [-0.39, 0.29) is 29.8 Å². The number of ether oxygens (including phenoxy) is 1. The van der Waals surface area contributed by atoms with Crippen LogP contribution in [0.25, 0.3) is 11.1 Å². The van der Waals surface area contributed by atoms with Gasteiger partial charge in [0.25, 0.3) is 0 Å². The number of aliphatic hydroxyl groups excluding tert-OH is 2. The first-order chi connectivity index (χ1) is 15.0. The molecule has 0 radical (unpaired) electrons. The van der Waals surface area contributed by atoms with Gasteiger partial charge < -0.3 is 20.3 Å². The molecule has 0 fully saturated rings. The van der Waals surface area contributed by atoms with Crippen molar-refractivity contribution in [1.82, 2.24) is 10.3 Å². The van der Waals surface area contributed by atoms with Crippen LogP contribution in [0.2, 0.25) is 5.02 Å². The minimum absolute atomic E-state index is 0.0692. The topological polar surface area (TPSA) is 91.7 Å². The summed E-state index contributed by atoms with van der Waals surface area (Å²) in [5.41, 5.74) is 4.03. The SMILES string of the molecule is O=C(NCC(O)C(O)c1ncc(Cl)cc1F)OCC1c2ccccc2-c2ccccc21. The third-order valence-corrected chi connectivity index (χ3v) is 5.49. The summed E-state index contributed by atoms with van der Waals surface area (Å²) >= 11 is 5.64. The lowest BCUT2D eigenvalue weighted by Gasteiger charge is -2.19. The summed E-state index contributed by atoms with van der Waals surface area (Å²) in [5, 5.41) is 22.7. The molecule has 2 atom stereocenters. The molecule has 0 aliphatic heterocycles. The molecule has 3 aromatic rings. The maximum Gasteiger partial charge on any atom is 0.407 e. The molecule has 1 amide bonds. The summed E-state index contributed by atoms with van der Waals surface area (Å²) in [5.74, 6) is -0.943. The zero-order valence-corrected chi connectivity index (χ0v) is 17.1. The molecule has 4 rings (SSSR count). The quantitative estimate of drug-likeness (QED) is 0.540. The van der Waals surface area contributed by atoms with E-state index in [1.807, 2.05) is 48.5 Å². The molecular formula is C23H20ClFN2O4. The van der Waals surface area contributed by atoms with Gasteiger partial charge in [0, 0.05) is 18.7 Å². The Morgan fingerprint density at radius 3 is 2.35 bits per heavy atom. The third-order valence-electron chi connectivity index (χ3n) is 5.28. The van der Waals surface area contributed by atoms with E-state index in [0.717, 1.165) is 34.5 Å². The fourth-order valence-electron chi connectivity index (χ4n) is 3.77. The molecule has 1 aromatic heterocycles. The van der Waals surface area contributed by atoms with Crippen LogP contribution in [0.3, 0.4) is 0 Å². The van der Waals surface area contributed by atoms with Crippen molar-refractivity contribution < 1.29 is 24.1 Å². The predicted molar refractivity (Wildman–Crippen MR) is 113 cm³/mol. The monoisotopic (exact) mass is 442 g/mol. The number of aliphatic hydroxyl groups is 2. The fourth-order valence-corrected chi connectivity index (χ4v) is 3.92. The molecule has 8 heteroatoms. The van der Waals surface area contributed by atoms with E-state index in [1.165, 1.54) is 0 Å². The first kappa shape index (κ1) is 21.2. The molecule has 0 bridgehead atoms. The largest absolute Gasteiger partial charge is 0.449 e. The molecule has 1 aliphatic rings. The zero-order chi connectivity index (χ0) is 22.0. The minimum atomic E-state index is -1.63. The summed E-state index contributed by atoms with van der Waals surface area (Å²) in [4.78, 5) is 15.9. The molecule has 6 nitrogen and oxygen atoms in total. The molecule has 1 aliphatic carbocycles. The van der Waals surface area contributed by atoms with Crippen molar-refractivity contribution in [3.63, 3.8) is 0 Å². The number of alkyl carbamates (subject to hydrolysis) is 1. The number of pyridine rings is 1. The molecule has 0 saturated carbocycles. The second-order valence-electron chi connectivity index (χ2n) is 7.24. The Morgan fingerprint density at radius 1 is 1.13 bits per heavy atom. The van der Waals surface area contributed by atoms with E-state index in [0.29, 0.717) is 0 Å². The van der Waals surface area contributed by atoms with Gasteiger partial charge in [-0.25, -0.2) is 9.18 Å². The van der Waals surface area contributed by atoms with Gasteiger partial charge in [-0.15, -0.1) is 0 Å². The van der Waals surface area contributed by atoms with Crippen LogP contribution in [0.4, 0.5) is 9.18 Å². The highest BCUT2D eigenvalue weighted by Gasteiger charge is 2.29. The molecule has 160 valence electrons. The number of nitrogens with zero attached hydrogens (tertiary/aromatic N) is 1. The second-order valence-corrected chi connectivity index (χ2v) is 7.68. The van der Waals surface area contributed by atoms with Gasteiger partial charge in [-0.05, 0) is 28.3 Å². The van der Waals surface area contributed by atoms with Crippen molar-refractivity contribution >= 4 is 17.7 Å². The van der Waals surface area contributed by atoms with E-state index in [9.17, 15) is 19.4 Å². The van der Waals surface area contributed by atoms with Gasteiger partial charge in [0.1, 0.15) is 30.3 Å². The number of carbonyl (C=O) groups excluding carboxylic acids is 1. The van der Waals surface area contributed by atoms with Gasteiger partial charge in [0.15, 0.2) is 0 Å². The van der Waals surface area contributed by atoms with Gasteiger partial charge in [0.05, 0.1) is 5.02 Å². The van der Waals surface area contributed by atoms with Crippen LogP contribution in [-0.2, 0) is 4.74 Å². The summed E-state index contributed by atoms with van der Waals surface area (Å²) < 4.78 is 19.2. The standard InChI is InChI=1S/C23H20ClFN2O4/c24-13-9-19(25)21(26-10-13)22(29)20(28)11-27-23(30)31-12-18-16-7-3-1-5-14(16)15-6-2-4-8-17(15)18/h1-10,18,20,22,28-29H,11-12H2,(H,27,30). The number of nitrogens with one attached hydrogen (secondary N) is 1. The Kier molecular flexibility index (Phi) is 6.18. The van der Waals surface area contributed by atoms with Crippen molar-refractivity contribution in [3.05, 3.63) is 88.5 Å². The molecule has 2 aromatic carbocycles. The summed E-state index contributed by atoms with van der Waals surface area (Å²) in [7, 11) is 0. The van der Waals surface area contributed by atoms with Crippen LogP contribution in [0.15, 0.2) is 60.8 Å². The summed E-state index contributed by atoms with van der Waals surface area (Å²) in [6.07, 6.45) is -2.71. The number of hydrogen-bond donors (Lipinski definition) is 3. The summed E-state index contributed by atoms with van der Waals surface area (Å²) in [6.45, 7) is -0.229. The maximum atomic E-state index is 13.9. The highest BCUT2D eigenvalue weighted by atomic mass is 35.5. The number of fused-ring (bicyclic) bond motifs is 3. The molecular weight excluding hydrogens is 423 g/mol. The average Bonchev–Trinajstić information content (AvgIpc) is 3.09. The highest BCUT2D eigenvalue weighted by Crippen LogP contribution is 2.44. The second kappa shape index (κ2) is 9.01. The Morgan fingerprint density at radius 2 is 1.74 bits per heavy atom. The van der Waals surface area contributed by atoms with E-state index in [2.05, 4.69) is 10.3 Å². The van der Waals surface area contributed by atoms with Crippen LogP contribution in [0, 0.1) is 5.82 Å². The van der Waals surface area contributed by atoms with Crippen molar-refractivity contribution in [2.24, 2.45) is 0 Å². The van der Waals surface area contributed by atoms with E-state index in [4.69, 9.17) is 16.3 Å². The Hall–Kier alpha value is -3.00. The van der Waals surface area contributed by atoms with Crippen LogP contribution >= 0.6 is 11.6 Å². The van der Waals surface area contributed by atoms with Crippen molar-refractivity contribution in [2.45, 2.75) is 18.1 Å². The average molecular weight is 443 g/mol. The number of amides is 1. The van der Waals surface area contributed by atoms with E-state index >= 15 is 0 Å². The lowest BCUT2D eigenvalue weighted by atomic mass is 9.98. The number of carbonyl (C=O) groups is 1. The Bertz CT molecular complexity index is 1060. The van der Waals surface area contributed by atoms with Crippen molar-refractivity contribution in [1.29, 1.82) is 0 Å². The normalized spacial score (nSPS) is 14.5. The molecule has 2 unspecified atom stereocenters. The van der Waals surface area contributed by atoms with Crippen LogP contribution < -0.4 is 5.32 Å². The van der Waals surface area contributed by atoms with Crippen LogP contribution in [-0.4, -0.2) is 40.5 Å². The Balaban J connectivity index is 1.35.